The van der Waals surface area contributed by atoms with Crippen molar-refractivity contribution in [1.82, 2.24) is 0 Å². The molecule has 3 heteroatoms. The first-order valence-corrected chi connectivity index (χ1v) is 3.51. The standard InChI is InChI=1S/C9H9NO2/c1-7(2)8-3-5-9(6-4-8)10(11)12/h3-6H,1H2,2H3. The predicted octanol–water partition coefficient (Wildman–Crippen LogP) is 2.63. The first-order chi connectivity index (χ1) is 5.61. The molecule has 0 aliphatic heterocycles. The van der Waals surface area contributed by atoms with Crippen LogP contribution < -0.4 is 0 Å². The molecule has 0 saturated heterocycles. The molecular weight excluding hydrogens is 154 g/mol. The molecular formula is C9H9NO2. The minimum atomic E-state index is -0.414. The smallest absolute Gasteiger partial charge is 0.258 e. The van der Waals surface area contributed by atoms with Crippen LogP contribution in [0.15, 0.2) is 30.8 Å². The van der Waals surface area contributed by atoms with Crippen LogP contribution in [0.2, 0.25) is 0 Å². The van der Waals surface area contributed by atoms with Crippen LogP contribution in [0.3, 0.4) is 0 Å². The van der Waals surface area contributed by atoms with E-state index >= 15 is 0 Å². The van der Waals surface area contributed by atoms with Crippen molar-refractivity contribution >= 4 is 11.3 Å². The highest BCUT2D eigenvalue weighted by molar-refractivity contribution is 5.62. The molecule has 0 unspecified atom stereocenters. The lowest BCUT2D eigenvalue weighted by Crippen LogP contribution is -1.87. The van der Waals surface area contributed by atoms with Crippen LogP contribution in [0.5, 0.6) is 0 Å². The number of benzene rings is 1. The third-order valence-electron chi connectivity index (χ3n) is 1.57. The van der Waals surface area contributed by atoms with Gasteiger partial charge in [-0.1, -0.05) is 12.2 Å². The van der Waals surface area contributed by atoms with Gasteiger partial charge in [0.1, 0.15) is 0 Å². The van der Waals surface area contributed by atoms with Crippen LogP contribution in [0.25, 0.3) is 5.57 Å². The topological polar surface area (TPSA) is 43.1 Å². The van der Waals surface area contributed by atoms with Gasteiger partial charge in [0.25, 0.3) is 5.69 Å². The minimum Gasteiger partial charge on any atom is -0.258 e. The molecule has 0 fully saturated rings. The summed E-state index contributed by atoms with van der Waals surface area (Å²) in [5, 5.41) is 10.3. The maximum absolute atomic E-state index is 10.3. The fourth-order valence-electron chi connectivity index (χ4n) is 0.868. The van der Waals surface area contributed by atoms with Gasteiger partial charge in [0.05, 0.1) is 4.92 Å². The van der Waals surface area contributed by atoms with Gasteiger partial charge in [0, 0.05) is 12.1 Å². The van der Waals surface area contributed by atoms with Crippen molar-refractivity contribution in [1.29, 1.82) is 0 Å². The van der Waals surface area contributed by atoms with E-state index in [0.29, 0.717) is 0 Å². The van der Waals surface area contributed by atoms with Gasteiger partial charge in [0.15, 0.2) is 0 Å². The van der Waals surface area contributed by atoms with Crippen molar-refractivity contribution in [2.75, 3.05) is 0 Å². The molecule has 62 valence electrons. The van der Waals surface area contributed by atoms with Gasteiger partial charge in [-0.25, -0.2) is 0 Å². The van der Waals surface area contributed by atoms with Gasteiger partial charge in [-0.15, -0.1) is 0 Å². The summed E-state index contributed by atoms with van der Waals surface area (Å²) >= 11 is 0. The number of hydrogen-bond acceptors (Lipinski definition) is 2. The minimum absolute atomic E-state index is 0.111. The second-order valence-corrected chi connectivity index (χ2v) is 2.58. The lowest BCUT2D eigenvalue weighted by atomic mass is 10.1. The molecule has 0 N–H and O–H groups in total. The Balaban J connectivity index is 3.01. The lowest BCUT2D eigenvalue weighted by Gasteiger charge is -1.97. The summed E-state index contributed by atoms with van der Waals surface area (Å²) in [6, 6.07) is 6.34. The molecule has 0 aliphatic carbocycles. The van der Waals surface area contributed by atoms with Crippen LogP contribution in [0.1, 0.15) is 12.5 Å². The summed E-state index contributed by atoms with van der Waals surface area (Å²) in [4.78, 5) is 9.85. The molecule has 3 nitrogen and oxygen atoms in total. The molecule has 0 aromatic heterocycles. The number of rotatable bonds is 2. The molecule has 0 saturated carbocycles. The first kappa shape index (κ1) is 8.46. The fourth-order valence-corrected chi connectivity index (χ4v) is 0.868. The number of nitrogens with zero attached hydrogens (tertiary/aromatic N) is 1. The summed E-state index contributed by atoms with van der Waals surface area (Å²) in [5.41, 5.74) is 1.95. The first-order valence-electron chi connectivity index (χ1n) is 3.51. The predicted molar refractivity (Wildman–Crippen MR) is 47.8 cm³/mol. The van der Waals surface area contributed by atoms with E-state index in [1.165, 1.54) is 12.1 Å². The Morgan fingerprint density at radius 1 is 1.42 bits per heavy atom. The number of allylic oxidation sites excluding steroid dienone is 1. The Labute approximate surface area is 70.5 Å². The average Bonchev–Trinajstić information content (AvgIpc) is 2.04. The lowest BCUT2D eigenvalue weighted by molar-refractivity contribution is -0.384. The van der Waals surface area contributed by atoms with Crippen molar-refractivity contribution in [3.8, 4) is 0 Å². The van der Waals surface area contributed by atoms with Gasteiger partial charge in [-0.3, -0.25) is 10.1 Å². The van der Waals surface area contributed by atoms with Crippen molar-refractivity contribution < 1.29 is 4.92 Å². The monoisotopic (exact) mass is 163 g/mol. The number of non-ortho nitro benzene ring substituents is 1. The normalized spacial score (nSPS) is 9.42. The zero-order valence-electron chi connectivity index (χ0n) is 6.78. The Morgan fingerprint density at radius 2 is 1.92 bits per heavy atom. The van der Waals surface area contributed by atoms with Gasteiger partial charge < -0.3 is 0 Å². The molecule has 0 amide bonds. The van der Waals surface area contributed by atoms with E-state index in [2.05, 4.69) is 6.58 Å². The van der Waals surface area contributed by atoms with Gasteiger partial charge in [-0.05, 0) is 24.6 Å². The van der Waals surface area contributed by atoms with E-state index < -0.39 is 4.92 Å². The third-order valence-corrected chi connectivity index (χ3v) is 1.57. The van der Waals surface area contributed by atoms with Gasteiger partial charge in [-0.2, -0.15) is 0 Å². The van der Waals surface area contributed by atoms with E-state index in [-0.39, 0.29) is 5.69 Å². The highest BCUT2D eigenvalue weighted by atomic mass is 16.6. The number of hydrogen-bond donors (Lipinski definition) is 0. The summed E-state index contributed by atoms with van der Waals surface area (Å²) in [6.45, 7) is 5.59. The third kappa shape index (κ3) is 1.69. The van der Waals surface area contributed by atoms with Crippen LogP contribution in [-0.4, -0.2) is 4.92 Å². The second kappa shape index (κ2) is 3.17. The zero-order chi connectivity index (χ0) is 9.14. The molecule has 0 radical (unpaired) electrons. The SMILES string of the molecule is C=C(C)c1ccc([N+](=O)[O-])cc1. The maximum atomic E-state index is 10.3. The van der Waals surface area contributed by atoms with Crippen LogP contribution >= 0.6 is 0 Å². The summed E-state index contributed by atoms with van der Waals surface area (Å²) in [5.74, 6) is 0. The summed E-state index contributed by atoms with van der Waals surface area (Å²) in [7, 11) is 0. The van der Waals surface area contributed by atoms with Crippen molar-refractivity contribution in [3.63, 3.8) is 0 Å². The molecule has 12 heavy (non-hydrogen) atoms. The number of nitro benzene ring substituents is 1. The Bertz CT molecular complexity index is 281. The van der Waals surface area contributed by atoms with E-state index in [1.807, 2.05) is 6.92 Å². The van der Waals surface area contributed by atoms with E-state index in [4.69, 9.17) is 0 Å². The molecule has 0 spiro atoms. The van der Waals surface area contributed by atoms with E-state index in [1.54, 1.807) is 12.1 Å². The highest BCUT2D eigenvalue weighted by Gasteiger charge is 2.03. The van der Waals surface area contributed by atoms with E-state index in [9.17, 15) is 10.1 Å². The quantitative estimate of drug-likeness (QED) is 0.496. The maximum Gasteiger partial charge on any atom is 0.269 e. The Hall–Kier alpha value is -1.64. The summed E-state index contributed by atoms with van der Waals surface area (Å²) < 4.78 is 0. The fraction of sp³-hybridized carbons (Fsp3) is 0.111. The highest BCUT2D eigenvalue weighted by Crippen LogP contribution is 2.16. The van der Waals surface area contributed by atoms with Gasteiger partial charge in [0.2, 0.25) is 0 Å². The molecule has 0 heterocycles. The molecule has 0 bridgehead atoms. The van der Waals surface area contributed by atoms with Crippen molar-refractivity contribution in [2.45, 2.75) is 6.92 Å². The second-order valence-electron chi connectivity index (χ2n) is 2.58. The molecule has 1 aromatic rings. The molecule has 0 aliphatic rings. The Kier molecular flexibility index (Phi) is 2.24. The zero-order valence-corrected chi connectivity index (χ0v) is 6.78. The Morgan fingerprint density at radius 3 is 2.25 bits per heavy atom. The van der Waals surface area contributed by atoms with Crippen molar-refractivity contribution in [2.24, 2.45) is 0 Å². The van der Waals surface area contributed by atoms with E-state index in [0.717, 1.165) is 11.1 Å². The number of nitro groups is 1. The van der Waals surface area contributed by atoms with Crippen LogP contribution in [-0.2, 0) is 0 Å². The van der Waals surface area contributed by atoms with Crippen LogP contribution in [0.4, 0.5) is 5.69 Å². The largest absolute Gasteiger partial charge is 0.269 e. The van der Waals surface area contributed by atoms with Crippen molar-refractivity contribution in [3.05, 3.63) is 46.5 Å². The average molecular weight is 163 g/mol. The van der Waals surface area contributed by atoms with Gasteiger partial charge >= 0.3 is 0 Å². The molecule has 1 rings (SSSR count). The van der Waals surface area contributed by atoms with Crippen LogP contribution in [0, 0.1) is 10.1 Å². The molecule has 0 atom stereocenters. The molecule has 1 aromatic carbocycles. The summed E-state index contributed by atoms with van der Waals surface area (Å²) in [6.07, 6.45) is 0.